The molecule has 4 heteroatoms. The highest BCUT2D eigenvalue weighted by atomic mass is 19.1. The second-order valence-electron chi connectivity index (χ2n) is 5.10. The molecule has 0 heterocycles. The predicted octanol–water partition coefficient (Wildman–Crippen LogP) is 3.12. The fourth-order valence-electron chi connectivity index (χ4n) is 2.61. The summed E-state index contributed by atoms with van der Waals surface area (Å²) in [5.74, 6) is -0.529. The van der Waals surface area contributed by atoms with E-state index >= 15 is 0 Å². The lowest BCUT2D eigenvalue weighted by Crippen LogP contribution is -2.41. The molecule has 1 unspecified atom stereocenters. The molecule has 0 radical (unpaired) electrons. The van der Waals surface area contributed by atoms with Gasteiger partial charge in [-0.3, -0.25) is 4.79 Å². The monoisotopic (exact) mass is 314 g/mol. The van der Waals surface area contributed by atoms with Crippen LogP contribution in [0.3, 0.4) is 0 Å². The lowest BCUT2D eigenvalue weighted by molar-refractivity contribution is -0.147. The van der Waals surface area contributed by atoms with Crippen LogP contribution < -0.4 is 0 Å². The molecule has 0 spiro atoms. The number of hydrogen-bond acceptors (Lipinski definition) is 3. The Hall–Kier alpha value is -2.46. The van der Waals surface area contributed by atoms with Crippen molar-refractivity contribution in [2.75, 3.05) is 20.4 Å². The largest absolute Gasteiger partial charge is 0.468 e. The third-order valence-corrected chi connectivity index (χ3v) is 3.84. The van der Waals surface area contributed by atoms with Crippen LogP contribution in [0, 0.1) is 0 Å². The van der Waals surface area contributed by atoms with Gasteiger partial charge in [0.1, 0.15) is 12.1 Å². The predicted molar refractivity (Wildman–Crippen MR) is 87.8 cm³/mol. The van der Waals surface area contributed by atoms with Crippen LogP contribution in [-0.2, 0) is 14.9 Å². The molecule has 120 valence electrons. The van der Waals surface area contributed by atoms with Crippen molar-refractivity contribution in [2.45, 2.75) is 5.41 Å². The normalized spacial score (nSPS) is 13.7. The molecule has 3 nitrogen and oxygen atoms in total. The smallest absolute Gasteiger partial charge is 0.323 e. The summed E-state index contributed by atoms with van der Waals surface area (Å²) in [5.41, 5.74) is 0.811. The number of ether oxygens (including phenoxy) is 1. The van der Waals surface area contributed by atoms with Crippen LogP contribution in [0.1, 0.15) is 16.7 Å². The van der Waals surface area contributed by atoms with Crippen LogP contribution in [0.5, 0.6) is 0 Å². The Balaban J connectivity index is 2.54. The van der Waals surface area contributed by atoms with Crippen LogP contribution >= 0.6 is 0 Å². The first-order valence-electron chi connectivity index (χ1n) is 7.27. The Morgan fingerprint density at radius 1 is 1.13 bits per heavy atom. The van der Waals surface area contributed by atoms with E-state index in [1.807, 2.05) is 6.07 Å². The number of aliphatic hydroxyl groups excluding tert-OH is 1. The molecule has 0 aliphatic rings. The highest BCUT2D eigenvalue weighted by molar-refractivity contribution is 5.88. The van der Waals surface area contributed by atoms with E-state index in [9.17, 15) is 14.3 Å². The van der Waals surface area contributed by atoms with Gasteiger partial charge in [-0.25, -0.2) is 4.39 Å². The maximum Gasteiger partial charge on any atom is 0.323 e. The third kappa shape index (κ3) is 3.32. The summed E-state index contributed by atoms with van der Waals surface area (Å²) in [6.07, 6.45) is 3.07. The van der Waals surface area contributed by atoms with Gasteiger partial charge in [0.2, 0.25) is 0 Å². The van der Waals surface area contributed by atoms with Gasteiger partial charge >= 0.3 is 5.97 Å². The molecule has 0 saturated heterocycles. The Morgan fingerprint density at radius 3 is 2.26 bits per heavy atom. The maximum absolute atomic E-state index is 12.5. The Labute approximate surface area is 135 Å². The van der Waals surface area contributed by atoms with E-state index in [-0.39, 0.29) is 0 Å². The number of aliphatic hydroxyl groups is 1. The quantitative estimate of drug-likeness (QED) is 0.833. The standard InChI is InChI=1S/C19H19FO3/c1-23-18(22)19(14-21,16-7-3-2-4-8-16)17-11-9-15(10-12-17)6-5-13-20/h2-12,21H,13-14H2,1H3. The molecule has 1 atom stereocenters. The van der Waals surface area contributed by atoms with Crippen LogP contribution in [0.2, 0.25) is 0 Å². The lowest BCUT2D eigenvalue weighted by atomic mass is 9.75. The number of halogens is 1. The van der Waals surface area contributed by atoms with Gasteiger partial charge in [0, 0.05) is 0 Å². The Kier molecular flexibility index (Phi) is 5.66. The maximum atomic E-state index is 12.5. The minimum absolute atomic E-state index is 0.413. The summed E-state index contributed by atoms with van der Waals surface area (Å²) in [5, 5.41) is 10.0. The van der Waals surface area contributed by atoms with E-state index < -0.39 is 24.7 Å². The second-order valence-corrected chi connectivity index (χ2v) is 5.10. The molecule has 2 aromatic carbocycles. The van der Waals surface area contributed by atoms with Gasteiger partial charge in [-0.15, -0.1) is 0 Å². The number of benzene rings is 2. The molecule has 1 N–H and O–H groups in total. The molecular weight excluding hydrogens is 295 g/mol. The summed E-state index contributed by atoms with van der Waals surface area (Å²) in [4.78, 5) is 12.5. The summed E-state index contributed by atoms with van der Waals surface area (Å²) >= 11 is 0. The fraction of sp³-hybridized carbons (Fsp3) is 0.211. The molecule has 0 fully saturated rings. The first-order chi connectivity index (χ1) is 11.2. The van der Waals surface area contributed by atoms with E-state index in [0.717, 1.165) is 5.56 Å². The second kappa shape index (κ2) is 7.70. The summed E-state index contributed by atoms with van der Waals surface area (Å²) in [6, 6.07) is 16.1. The summed E-state index contributed by atoms with van der Waals surface area (Å²) in [7, 11) is 1.30. The fourth-order valence-corrected chi connectivity index (χ4v) is 2.61. The van der Waals surface area contributed by atoms with Crippen molar-refractivity contribution in [1.82, 2.24) is 0 Å². The van der Waals surface area contributed by atoms with E-state index in [4.69, 9.17) is 4.74 Å². The van der Waals surface area contributed by atoms with E-state index in [0.29, 0.717) is 11.1 Å². The van der Waals surface area contributed by atoms with Crippen molar-refractivity contribution in [1.29, 1.82) is 0 Å². The van der Waals surface area contributed by atoms with E-state index in [1.54, 1.807) is 54.6 Å². The minimum Gasteiger partial charge on any atom is -0.468 e. The van der Waals surface area contributed by atoms with Gasteiger partial charge in [-0.1, -0.05) is 66.7 Å². The third-order valence-electron chi connectivity index (χ3n) is 3.84. The average molecular weight is 314 g/mol. The van der Waals surface area contributed by atoms with Gasteiger partial charge in [-0.05, 0) is 16.7 Å². The average Bonchev–Trinajstić information content (AvgIpc) is 2.62. The number of rotatable bonds is 6. The van der Waals surface area contributed by atoms with E-state index in [1.165, 1.54) is 13.2 Å². The zero-order valence-corrected chi connectivity index (χ0v) is 12.9. The van der Waals surface area contributed by atoms with Crippen molar-refractivity contribution in [3.05, 3.63) is 77.4 Å². The van der Waals surface area contributed by atoms with Crippen molar-refractivity contribution >= 4 is 12.0 Å². The number of esters is 1. The lowest BCUT2D eigenvalue weighted by Gasteiger charge is -2.30. The number of carbonyl (C=O) groups is 1. The first-order valence-corrected chi connectivity index (χ1v) is 7.27. The topological polar surface area (TPSA) is 46.5 Å². The summed E-state index contributed by atoms with van der Waals surface area (Å²) in [6.45, 7) is -0.947. The molecule has 0 aromatic heterocycles. The van der Waals surface area contributed by atoms with Crippen molar-refractivity contribution < 1.29 is 19.0 Å². The number of alkyl halides is 1. The van der Waals surface area contributed by atoms with Gasteiger partial charge in [0.25, 0.3) is 0 Å². The Morgan fingerprint density at radius 2 is 1.74 bits per heavy atom. The van der Waals surface area contributed by atoms with Crippen molar-refractivity contribution in [2.24, 2.45) is 0 Å². The molecule has 2 rings (SSSR count). The highest BCUT2D eigenvalue weighted by Crippen LogP contribution is 2.33. The highest BCUT2D eigenvalue weighted by Gasteiger charge is 2.42. The number of methoxy groups -OCH3 is 1. The van der Waals surface area contributed by atoms with Gasteiger partial charge in [0.05, 0.1) is 13.7 Å². The number of hydrogen-bond donors (Lipinski definition) is 1. The van der Waals surface area contributed by atoms with Crippen LogP contribution in [-0.4, -0.2) is 31.5 Å². The molecule has 0 aliphatic carbocycles. The van der Waals surface area contributed by atoms with Gasteiger partial charge < -0.3 is 9.84 Å². The molecule has 23 heavy (non-hydrogen) atoms. The number of carbonyl (C=O) groups excluding carboxylic acids is 1. The molecule has 0 saturated carbocycles. The van der Waals surface area contributed by atoms with Crippen LogP contribution in [0.25, 0.3) is 6.08 Å². The molecule has 0 amide bonds. The van der Waals surface area contributed by atoms with Crippen molar-refractivity contribution in [3.8, 4) is 0 Å². The SMILES string of the molecule is COC(=O)C(CO)(c1ccccc1)c1ccc(C=CCF)cc1. The first kappa shape index (κ1) is 16.9. The zero-order chi connectivity index (χ0) is 16.7. The zero-order valence-electron chi connectivity index (χ0n) is 12.9. The van der Waals surface area contributed by atoms with E-state index in [2.05, 4.69) is 0 Å². The minimum atomic E-state index is -1.28. The van der Waals surface area contributed by atoms with Crippen LogP contribution in [0.15, 0.2) is 60.7 Å². The molecule has 2 aromatic rings. The van der Waals surface area contributed by atoms with Crippen molar-refractivity contribution in [3.63, 3.8) is 0 Å². The van der Waals surface area contributed by atoms with Gasteiger partial charge in [0.15, 0.2) is 0 Å². The van der Waals surface area contributed by atoms with Crippen LogP contribution in [0.4, 0.5) is 4.39 Å². The molecular formula is C19H19FO3. The molecule has 0 bridgehead atoms. The number of allylic oxidation sites excluding steroid dienone is 1. The molecule has 0 aliphatic heterocycles. The summed E-state index contributed by atoms with van der Waals surface area (Å²) < 4.78 is 17.1. The van der Waals surface area contributed by atoms with Gasteiger partial charge in [-0.2, -0.15) is 0 Å². The Bertz CT molecular complexity index is 665.